The van der Waals surface area contributed by atoms with Gasteiger partial charge in [0.25, 0.3) is 0 Å². The highest BCUT2D eigenvalue weighted by Gasteiger charge is 2.13. The van der Waals surface area contributed by atoms with Crippen LogP contribution in [-0.4, -0.2) is 53.4 Å². The van der Waals surface area contributed by atoms with Gasteiger partial charge in [0.1, 0.15) is 12.1 Å². The Bertz CT molecular complexity index is 1390. The molecule has 0 bridgehead atoms. The van der Waals surface area contributed by atoms with E-state index in [-0.39, 0.29) is 0 Å². The molecule has 1 saturated carbocycles. The third-order valence-electron chi connectivity index (χ3n) is 6.78. The number of pyridine rings is 2. The first-order valence-electron chi connectivity index (χ1n) is 12.9. The number of aromatic nitrogens is 4. The molecule has 5 rings (SSSR count). The lowest BCUT2D eigenvalue weighted by molar-refractivity contribution is 0.283. The second-order valence-electron chi connectivity index (χ2n) is 9.34. The van der Waals surface area contributed by atoms with Crippen LogP contribution in [0.2, 0.25) is 0 Å². The van der Waals surface area contributed by atoms with Crippen LogP contribution in [0.15, 0.2) is 66.8 Å². The summed E-state index contributed by atoms with van der Waals surface area (Å²) < 4.78 is 18.8. The second-order valence-corrected chi connectivity index (χ2v) is 9.34. The van der Waals surface area contributed by atoms with Crippen molar-refractivity contribution in [3.05, 3.63) is 77.9 Å². The highest BCUT2D eigenvalue weighted by molar-refractivity contribution is 5.75. The van der Waals surface area contributed by atoms with Gasteiger partial charge < -0.3 is 29.4 Å². The summed E-state index contributed by atoms with van der Waals surface area (Å²) in [4.78, 5) is 15.9. The van der Waals surface area contributed by atoms with E-state index in [9.17, 15) is 0 Å². The third-order valence-corrected chi connectivity index (χ3v) is 6.78. The Morgan fingerprint density at radius 1 is 0.974 bits per heavy atom. The minimum atomic E-state index is 0.378. The Hall–Kier alpha value is -4.11. The SMILES string of the molecule is COc1ccc(COc2ccc(Cn3cnc4cc(N(CC=C5CCC5)CCN)cnc43)cc2OC)cn1. The number of hydrogen-bond donors (Lipinski definition) is 1. The highest BCUT2D eigenvalue weighted by Crippen LogP contribution is 2.30. The van der Waals surface area contributed by atoms with Crippen molar-refractivity contribution in [1.82, 2.24) is 19.5 Å². The maximum Gasteiger partial charge on any atom is 0.212 e. The molecule has 3 aromatic heterocycles. The van der Waals surface area contributed by atoms with Crippen molar-refractivity contribution >= 4 is 16.9 Å². The Balaban J connectivity index is 1.28. The summed E-state index contributed by atoms with van der Waals surface area (Å²) in [7, 11) is 3.24. The summed E-state index contributed by atoms with van der Waals surface area (Å²) in [5.41, 5.74) is 12.2. The highest BCUT2D eigenvalue weighted by atomic mass is 16.5. The maximum atomic E-state index is 5.99. The number of rotatable bonds is 12. The van der Waals surface area contributed by atoms with E-state index in [4.69, 9.17) is 24.9 Å². The molecule has 3 heterocycles. The van der Waals surface area contributed by atoms with E-state index >= 15 is 0 Å². The molecule has 1 fully saturated rings. The average Bonchev–Trinajstić information content (AvgIpc) is 3.32. The quantitative estimate of drug-likeness (QED) is 0.279. The topological polar surface area (TPSA) is 101 Å². The number of ether oxygens (including phenoxy) is 3. The summed E-state index contributed by atoms with van der Waals surface area (Å²) in [5.74, 6) is 1.91. The van der Waals surface area contributed by atoms with Gasteiger partial charge in [-0.2, -0.15) is 0 Å². The molecule has 38 heavy (non-hydrogen) atoms. The molecule has 4 aromatic rings. The van der Waals surface area contributed by atoms with Crippen molar-refractivity contribution in [1.29, 1.82) is 0 Å². The van der Waals surface area contributed by atoms with Gasteiger partial charge in [0.05, 0.1) is 39.0 Å². The summed E-state index contributed by atoms with van der Waals surface area (Å²) in [6.07, 6.45) is 11.6. The third kappa shape index (κ3) is 5.89. The van der Waals surface area contributed by atoms with Gasteiger partial charge in [-0.25, -0.2) is 15.0 Å². The van der Waals surface area contributed by atoms with Crippen LogP contribution in [0.3, 0.4) is 0 Å². The molecule has 0 radical (unpaired) electrons. The van der Waals surface area contributed by atoms with Gasteiger partial charge >= 0.3 is 0 Å². The Kier molecular flexibility index (Phi) is 8.04. The van der Waals surface area contributed by atoms with Crippen LogP contribution >= 0.6 is 0 Å². The van der Waals surface area contributed by atoms with E-state index in [0.717, 1.165) is 41.1 Å². The minimum absolute atomic E-state index is 0.378. The summed E-state index contributed by atoms with van der Waals surface area (Å²) in [6, 6.07) is 11.8. The molecule has 0 aliphatic heterocycles. The molecule has 0 atom stereocenters. The smallest absolute Gasteiger partial charge is 0.212 e. The molecule has 0 saturated heterocycles. The summed E-state index contributed by atoms with van der Waals surface area (Å²) >= 11 is 0. The minimum Gasteiger partial charge on any atom is -0.493 e. The van der Waals surface area contributed by atoms with Gasteiger partial charge in [0.15, 0.2) is 17.1 Å². The zero-order valence-corrected chi connectivity index (χ0v) is 22.0. The zero-order chi connectivity index (χ0) is 26.3. The van der Waals surface area contributed by atoms with Crippen LogP contribution in [0, 0.1) is 0 Å². The van der Waals surface area contributed by atoms with Crippen molar-refractivity contribution in [2.45, 2.75) is 32.4 Å². The Morgan fingerprint density at radius 3 is 2.55 bits per heavy atom. The number of hydrogen-bond acceptors (Lipinski definition) is 8. The van der Waals surface area contributed by atoms with Crippen molar-refractivity contribution < 1.29 is 14.2 Å². The fourth-order valence-electron chi connectivity index (χ4n) is 4.44. The molecular weight excluding hydrogens is 480 g/mol. The lowest BCUT2D eigenvalue weighted by atomic mass is 9.92. The van der Waals surface area contributed by atoms with Crippen LogP contribution in [0.5, 0.6) is 17.4 Å². The van der Waals surface area contributed by atoms with Gasteiger partial charge in [-0.15, -0.1) is 0 Å². The molecule has 198 valence electrons. The number of nitrogens with two attached hydrogens (primary N) is 1. The first-order valence-corrected chi connectivity index (χ1v) is 12.9. The van der Waals surface area contributed by atoms with Crippen molar-refractivity contribution in [3.63, 3.8) is 0 Å². The largest absolute Gasteiger partial charge is 0.493 e. The van der Waals surface area contributed by atoms with E-state index in [0.29, 0.717) is 37.1 Å². The fraction of sp³-hybridized carbons (Fsp3) is 0.345. The number of methoxy groups -OCH3 is 2. The van der Waals surface area contributed by atoms with Crippen LogP contribution in [0.4, 0.5) is 5.69 Å². The Labute approximate surface area is 222 Å². The van der Waals surface area contributed by atoms with Crippen LogP contribution < -0.4 is 24.8 Å². The number of allylic oxidation sites excluding steroid dienone is 1. The lowest BCUT2D eigenvalue weighted by Crippen LogP contribution is -2.30. The van der Waals surface area contributed by atoms with Gasteiger partial charge in [-0.1, -0.05) is 17.7 Å². The number of benzene rings is 1. The first-order chi connectivity index (χ1) is 18.7. The number of fused-ring (bicyclic) bond motifs is 1. The molecule has 1 aliphatic carbocycles. The van der Waals surface area contributed by atoms with E-state index in [1.807, 2.05) is 47.4 Å². The average molecular weight is 515 g/mol. The number of nitrogens with zero attached hydrogens (tertiary/aromatic N) is 5. The van der Waals surface area contributed by atoms with Gasteiger partial charge in [-0.3, -0.25) is 0 Å². The van der Waals surface area contributed by atoms with E-state index in [1.54, 1.807) is 20.4 Å². The van der Waals surface area contributed by atoms with Crippen molar-refractivity contribution in [2.75, 3.05) is 38.8 Å². The molecule has 9 nitrogen and oxygen atoms in total. The predicted octanol–water partition coefficient (Wildman–Crippen LogP) is 4.35. The second kappa shape index (κ2) is 12.0. The zero-order valence-electron chi connectivity index (χ0n) is 22.0. The lowest BCUT2D eigenvalue weighted by Gasteiger charge is -2.24. The van der Waals surface area contributed by atoms with Crippen molar-refractivity contribution in [3.8, 4) is 17.4 Å². The van der Waals surface area contributed by atoms with Crippen LogP contribution in [-0.2, 0) is 13.2 Å². The van der Waals surface area contributed by atoms with Gasteiger partial charge in [-0.05, 0) is 49.1 Å². The normalized spacial score (nSPS) is 12.8. The van der Waals surface area contributed by atoms with E-state index in [1.165, 1.54) is 24.8 Å². The van der Waals surface area contributed by atoms with E-state index in [2.05, 4.69) is 27.0 Å². The van der Waals surface area contributed by atoms with E-state index < -0.39 is 0 Å². The molecule has 1 aromatic carbocycles. The summed E-state index contributed by atoms with van der Waals surface area (Å²) in [6.45, 7) is 3.21. The molecule has 9 heteroatoms. The predicted molar refractivity (Wildman–Crippen MR) is 148 cm³/mol. The van der Waals surface area contributed by atoms with Crippen molar-refractivity contribution in [2.24, 2.45) is 5.73 Å². The monoisotopic (exact) mass is 514 g/mol. The first kappa shape index (κ1) is 25.5. The molecule has 1 aliphatic rings. The van der Waals surface area contributed by atoms with Crippen LogP contribution in [0.25, 0.3) is 11.2 Å². The van der Waals surface area contributed by atoms with Crippen LogP contribution in [0.1, 0.15) is 30.4 Å². The number of anilines is 1. The molecular formula is C29H34N6O3. The molecule has 2 N–H and O–H groups in total. The summed E-state index contributed by atoms with van der Waals surface area (Å²) in [5, 5.41) is 0. The number of imidazole rings is 1. The fourth-order valence-corrected chi connectivity index (χ4v) is 4.44. The Morgan fingerprint density at radius 2 is 1.84 bits per heavy atom. The van der Waals surface area contributed by atoms with Gasteiger partial charge in [0.2, 0.25) is 5.88 Å². The standard InChI is InChI=1S/C29H34N6O3/c1-36-27-14-22(6-8-26(27)38-19-23-7-9-28(37-2)31-16-23)18-35-20-33-25-15-24(17-32-29(25)35)34(13-11-30)12-10-21-4-3-5-21/h6-10,14-17,20H,3-5,11-13,18-19,30H2,1-2H3. The molecule has 0 spiro atoms. The van der Waals surface area contributed by atoms with Gasteiger partial charge in [0, 0.05) is 37.5 Å². The maximum absolute atomic E-state index is 5.99. The molecule has 0 unspecified atom stereocenters. The molecule has 0 amide bonds.